The first kappa shape index (κ1) is 24.9. The van der Waals surface area contributed by atoms with E-state index in [1.165, 1.54) is 10.4 Å². The standard InChI is InChI=1S/C26H32N4O4S/c1-18-14-19(2)17-30(16-18)35(32,33)21-9-7-8-20(15-21)26(31)28-24(25-27-12-13-29(25)3)22-10-5-6-11-23(22)34-4/h5-13,15,18-19,24H,14,16-17H2,1-4H3,(H,28,31)/t18-,19-,24-/m0/s1. The first-order chi connectivity index (χ1) is 16.7. The number of para-hydroxylation sites is 1. The Balaban J connectivity index is 1.65. The highest BCUT2D eigenvalue weighted by Crippen LogP contribution is 2.30. The molecular weight excluding hydrogens is 464 g/mol. The molecule has 1 aliphatic heterocycles. The van der Waals surface area contributed by atoms with Crippen LogP contribution in [0.4, 0.5) is 0 Å². The Morgan fingerprint density at radius 3 is 2.49 bits per heavy atom. The monoisotopic (exact) mass is 496 g/mol. The molecule has 0 bridgehead atoms. The molecule has 3 aromatic rings. The van der Waals surface area contributed by atoms with Gasteiger partial charge in [-0.15, -0.1) is 0 Å². The summed E-state index contributed by atoms with van der Waals surface area (Å²) >= 11 is 0. The zero-order valence-electron chi connectivity index (χ0n) is 20.5. The van der Waals surface area contributed by atoms with Crippen molar-refractivity contribution in [1.82, 2.24) is 19.2 Å². The number of ether oxygens (including phenoxy) is 1. The van der Waals surface area contributed by atoms with E-state index in [0.717, 1.165) is 12.0 Å². The Hall–Kier alpha value is -3.17. The highest BCUT2D eigenvalue weighted by atomic mass is 32.2. The first-order valence-electron chi connectivity index (χ1n) is 11.7. The Bertz CT molecular complexity index is 1290. The number of carbonyl (C=O) groups excluding carboxylic acids is 1. The largest absolute Gasteiger partial charge is 0.496 e. The van der Waals surface area contributed by atoms with Crippen molar-refractivity contribution in [2.75, 3.05) is 20.2 Å². The van der Waals surface area contributed by atoms with Gasteiger partial charge in [-0.2, -0.15) is 4.31 Å². The van der Waals surface area contributed by atoms with Gasteiger partial charge in [0.05, 0.1) is 12.0 Å². The predicted molar refractivity (Wildman–Crippen MR) is 134 cm³/mol. The molecule has 35 heavy (non-hydrogen) atoms. The molecule has 4 rings (SSSR count). The number of aryl methyl sites for hydroxylation is 1. The molecule has 1 amide bonds. The van der Waals surface area contributed by atoms with Crippen molar-refractivity contribution in [3.05, 3.63) is 77.9 Å². The van der Waals surface area contributed by atoms with Crippen LogP contribution >= 0.6 is 0 Å². The number of nitrogens with zero attached hydrogens (tertiary/aromatic N) is 3. The van der Waals surface area contributed by atoms with E-state index in [2.05, 4.69) is 24.1 Å². The van der Waals surface area contributed by atoms with E-state index >= 15 is 0 Å². The van der Waals surface area contributed by atoms with E-state index in [4.69, 9.17) is 4.74 Å². The second-order valence-electron chi connectivity index (χ2n) is 9.34. The summed E-state index contributed by atoms with van der Waals surface area (Å²) in [5, 5.41) is 3.03. The first-order valence-corrected chi connectivity index (χ1v) is 13.2. The number of benzene rings is 2. The Morgan fingerprint density at radius 2 is 1.83 bits per heavy atom. The smallest absolute Gasteiger partial charge is 0.252 e. The lowest BCUT2D eigenvalue weighted by Crippen LogP contribution is -2.42. The molecular formula is C26H32N4O4S. The van der Waals surface area contributed by atoms with Crippen molar-refractivity contribution in [3.63, 3.8) is 0 Å². The molecule has 3 atom stereocenters. The number of hydrogen-bond acceptors (Lipinski definition) is 5. The van der Waals surface area contributed by atoms with E-state index in [0.29, 0.717) is 36.5 Å². The number of methoxy groups -OCH3 is 1. The van der Waals surface area contributed by atoms with E-state index in [-0.39, 0.29) is 10.5 Å². The maximum absolute atomic E-state index is 13.4. The van der Waals surface area contributed by atoms with Gasteiger partial charge in [-0.1, -0.05) is 38.1 Å². The fourth-order valence-corrected chi connectivity index (χ4v) is 6.53. The number of rotatable bonds is 7. The zero-order chi connectivity index (χ0) is 25.2. The number of carbonyl (C=O) groups is 1. The molecule has 0 radical (unpaired) electrons. The van der Waals surface area contributed by atoms with Crippen LogP contribution in [0.15, 0.2) is 65.8 Å². The summed E-state index contributed by atoms with van der Waals surface area (Å²) in [7, 11) is -0.280. The lowest BCUT2D eigenvalue weighted by atomic mass is 9.94. The molecule has 1 aromatic heterocycles. The number of sulfonamides is 1. The highest BCUT2D eigenvalue weighted by molar-refractivity contribution is 7.89. The third-order valence-corrected chi connectivity index (χ3v) is 8.24. The highest BCUT2D eigenvalue weighted by Gasteiger charge is 2.32. The second-order valence-corrected chi connectivity index (χ2v) is 11.3. The minimum Gasteiger partial charge on any atom is -0.496 e. The zero-order valence-corrected chi connectivity index (χ0v) is 21.3. The fourth-order valence-electron chi connectivity index (χ4n) is 4.80. The van der Waals surface area contributed by atoms with E-state index in [1.54, 1.807) is 37.7 Å². The van der Waals surface area contributed by atoms with E-state index < -0.39 is 22.0 Å². The molecule has 186 valence electrons. The summed E-state index contributed by atoms with van der Waals surface area (Å²) in [6, 6.07) is 13.1. The molecule has 8 nitrogen and oxygen atoms in total. The van der Waals surface area contributed by atoms with Gasteiger partial charge in [0.2, 0.25) is 10.0 Å². The minimum absolute atomic E-state index is 0.122. The van der Waals surface area contributed by atoms with Gasteiger partial charge < -0.3 is 14.6 Å². The van der Waals surface area contributed by atoms with Gasteiger partial charge in [0.25, 0.3) is 5.91 Å². The molecule has 0 aliphatic carbocycles. The van der Waals surface area contributed by atoms with Crippen LogP contribution in [0, 0.1) is 11.8 Å². The number of piperidine rings is 1. The van der Waals surface area contributed by atoms with Crippen LogP contribution in [0.5, 0.6) is 5.75 Å². The third-order valence-electron chi connectivity index (χ3n) is 6.41. The maximum Gasteiger partial charge on any atom is 0.252 e. The van der Waals surface area contributed by atoms with Gasteiger partial charge in [-0.3, -0.25) is 4.79 Å². The lowest BCUT2D eigenvalue weighted by Gasteiger charge is -2.34. The van der Waals surface area contributed by atoms with Crippen LogP contribution in [0.3, 0.4) is 0 Å². The van der Waals surface area contributed by atoms with Crippen molar-refractivity contribution >= 4 is 15.9 Å². The van der Waals surface area contributed by atoms with Crippen LogP contribution in [-0.2, 0) is 17.1 Å². The van der Waals surface area contributed by atoms with Gasteiger partial charge in [-0.05, 0) is 42.5 Å². The normalized spacial score (nSPS) is 19.8. The van der Waals surface area contributed by atoms with Crippen LogP contribution in [-0.4, -0.2) is 48.4 Å². The van der Waals surface area contributed by atoms with Crippen LogP contribution in [0.25, 0.3) is 0 Å². The molecule has 1 fully saturated rings. The number of nitrogens with one attached hydrogen (secondary N) is 1. The van der Waals surface area contributed by atoms with Crippen molar-refractivity contribution in [3.8, 4) is 5.75 Å². The van der Waals surface area contributed by atoms with Crippen molar-refractivity contribution in [2.24, 2.45) is 18.9 Å². The topological polar surface area (TPSA) is 93.5 Å². The molecule has 1 saturated heterocycles. The summed E-state index contributed by atoms with van der Waals surface area (Å²) in [6.45, 7) is 5.10. The number of hydrogen-bond donors (Lipinski definition) is 1. The average Bonchev–Trinajstić information content (AvgIpc) is 3.27. The number of amides is 1. The van der Waals surface area contributed by atoms with Crippen molar-refractivity contribution in [2.45, 2.75) is 31.2 Å². The Labute approximate surface area is 207 Å². The summed E-state index contributed by atoms with van der Waals surface area (Å²) < 4.78 is 35.6. The number of imidazole rings is 1. The molecule has 1 N–H and O–H groups in total. The SMILES string of the molecule is COc1ccccc1[C@H](NC(=O)c1cccc(S(=O)(=O)N2C[C@@H](C)C[C@H](C)C2)c1)c1nccn1C. The summed E-state index contributed by atoms with van der Waals surface area (Å²) in [5.74, 6) is 1.42. The van der Waals surface area contributed by atoms with Crippen LogP contribution in [0.2, 0.25) is 0 Å². The average molecular weight is 497 g/mol. The van der Waals surface area contributed by atoms with Crippen LogP contribution in [0.1, 0.15) is 48.1 Å². The Kier molecular flexibility index (Phi) is 7.28. The van der Waals surface area contributed by atoms with E-state index in [1.807, 2.05) is 35.9 Å². The van der Waals surface area contributed by atoms with Gasteiger partial charge in [-0.25, -0.2) is 13.4 Å². The van der Waals surface area contributed by atoms with Crippen molar-refractivity contribution in [1.29, 1.82) is 0 Å². The predicted octanol–water partition coefficient (Wildman–Crippen LogP) is 3.61. The number of aromatic nitrogens is 2. The molecule has 2 aromatic carbocycles. The van der Waals surface area contributed by atoms with Gasteiger partial charge in [0, 0.05) is 43.7 Å². The summed E-state index contributed by atoms with van der Waals surface area (Å²) in [4.78, 5) is 18.0. The maximum atomic E-state index is 13.4. The van der Waals surface area contributed by atoms with E-state index in [9.17, 15) is 13.2 Å². The molecule has 1 aliphatic rings. The molecule has 0 saturated carbocycles. The second kappa shape index (κ2) is 10.2. The Morgan fingerprint density at radius 1 is 1.11 bits per heavy atom. The summed E-state index contributed by atoms with van der Waals surface area (Å²) in [6.07, 6.45) is 4.47. The van der Waals surface area contributed by atoms with Crippen LogP contribution < -0.4 is 10.1 Å². The quantitative estimate of drug-likeness (QED) is 0.539. The molecule has 9 heteroatoms. The van der Waals surface area contributed by atoms with Gasteiger partial charge >= 0.3 is 0 Å². The minimum atomic E-state index is -3.71. The van der Waals surface area contributed by atoms with Gasteiger partial charge in [0.1, 0.15) is 17.6 Å². The van der Waals surface area contributed by atoms with Gasteiger partial charge in [0.15, 0.2) is 0 Å². The van der Waals surface area contributed by atoms with Crippen molar-refractivity contribution < 1.29 is 17.9 Å². The molecule has 0 unspecified atom stereocenters. The summed E-state index contributed by atoms with van der Waals surface area (Å²) in [5.41, 5.74) is 1.01. The molecule has 0 spiro atoms. The lowest BCUT2D eigenvalue weighted by molar-refractivity contribution is 0.0940. The molecule has 2 heterocycles. The third kappa shape index (κ3) is 5.26. The fraction of sp³-hybridized carbons (Fsp3) is 0.385.